The van der Waals surface area contributed by atoms with Gasteiger partial charge in [-0.3, -0.25) is 9.59 Å². The molecule has 29 heavy (non-hydrogen) atoms. The van der Waals surface area contributed by atoms with Crippen LogP contribution >= 0.6 is 11.8 Å². The maximum Gasteiger partial charge on any atom is 0.242 e. The van der Waals surface area contributed by atoms with Gasteiger partial charge in [-0.25, -0.2) is 4.39 Å². The Hall–Kier alpha value is -2.34. The summed E-state index contributed by atoms with van der Waals surface area (Å²) < 4.78 is 13.0. The molecule has 156 valence electrons. The van der Waals surface area contributed by atoms with Gasteiger partial charge in [0, 0.05) is 18.3 Å². The first kappa shape index (κ1) is 22.9. The highest BCUT2D eigenvalue weighted by Crippen LogP contribution is 2.17. The molecule has 0 aliphatic carbocycles. The number of carbonyl (C=O) groups is 2. The zero-order valence-electron chi connectivity index (χ0n) is 17.4. The molecule has 0 radical (unpaired) electrons. The van der Waals surface area contributed by atoms with Gasteiger partial charge >= 0.3 is 0 Å². The van der Waals surface area contributed by atoms with Gasteiger partial charge in [-0.2, -0.15) is 0 Å². The van der Waals surface area contributed by atoms with Crippen LogP contribution in [0.15, 0.2) is 48.5 Å². The van der Waals surface area contributed by atoms with Crippen molar-refractivity contribution in [3.05, 3.63) is 71.0 Å². The van der Waals surface area contributed by atoms with Crippen LogP contribution in [0.4, 0.5) is 4.39 Å². The minimum absolute atomic E-state index is 0.00808. The maximum absolute atomic E-state index is 13.0. The first-order chi connectivity index (χ1) is 13.8. The number of thioether (sulfide) groups is 1. The van der Waals surface area contributed by atoms with Gasteiger partial charge in [0.1, 0.15) is 11.9 Å². The molecular formula is C23H29FN2O2S. The van der Waals surface area contributed by atoms with E-state index in [1.54, 1.807) is 24.0 Å². The summed E-state index contributed by atoms with van der Waals surface area (Å²) in [5.41, 5.74) is 3.06. The number of aryl methyl sites for hydroxylation is 1. The number of hydrogen-bond donors (Lipinski definition) is 1. The monoisotopic (exact) mass is 416 g/mol. The molecule has 0 aromatic heterocycles. The van der Waals surface area contributed by atoms with Crippen molar-refractivity contribution in [1.29, 1.82) is 0 Å². The van der Waals surface area contributed by atoms with E-state index in [1.165, 1.54) is 23.9 Å². The summed E-state index contributed by atoms with van der Waals surface area (Å²) in [5, 5.41) is 2.89. The van der Waals surface area contributed by atoms with Gasteiger partial charge in [-0.05, 0) is 51.0 Å². The van der Waals surface area contributed by atoms with Crippen molar-refractivity contribution in [2.75, 3.05) is 5.75 Å². The Labute approximate surface area is 176 Å². The first-order valence-electron chi connectivity index (χ1n) is 9.74. The predicted octanol–water partition coefficient (Wildman–Crippen LogP) is 4.31. The van der Waals surface area contributed by atoms with Crippen molar-refractivity contribution in [1.82, 2.24) is 10.2 Å². The molecule has 2 rings (SSSR count). The van der Waals surface area contributed by atoms with Crippen LogP contribution in [-0.2, 0) is 21.9 Å². The second kappa shape index (κ2) is 11.0. The van der Waals surface area contributed by atoms with Gasteiger partial charge < -0.3 is 10.2 Å². The summed E-state index contributed by atoms with van der Waals surface area (Å²) in [5.74, 6) is 0.332. The van der Waals surface area contributed by atoms with Gasteiger partial charge in [0.25, 0.3) is 0 Å². The third-order valence-corrected chi connectivity index (χ3v) is 5.43. The van der Waals surface area contributed by atoms with Gasteiger partial charge in [0.15, 0.2) is 0 Å². The lowest BCUT2D eigenvalue weighted by molar-refractivity contribution is -0.138. The Kier molecular flexibility index (Phi) is 8.70. The van der Waals surface area contributed by atoms with E-state index in [-0.39, 0.29) is 29.4 Å². The Balaban J connectivity index is 2.06. The molecule has 2 aromatic rings. The lowest BCUT2D eigenvalue weighted by atomic mass is 10.1. The molecule has 1 atom stereocenters. The van der Waals surface area contributed by atoms with E-state index in [2.05, 4.69) is 5.32 Å². The number of nitrogens with one attached hydrogen (secondary N) is 1. The lowest BCUT2D eigenvalue weighted by Gasteiger charge is -2.29. The van der Waals surface area contributed by atoms with Crippen molar-refractivity contribution in [3.8, 4) is 0 Å². The number of nitrogens with zero attached hydrogens (tertiary/aromatic N) is 1. The van der Waals surface area contributed by atoms with Crippen LogP contribution in [-0.4, -0.2) is 34.6 Å². The SMILES string of the molecule is Cc1cccc(CN(C(=O)CSCc2ccc(F)cc2)[C@@H](C)C(=O)NC(C)C)c1. The number of hydrogen-bond acceptors (Lipinski definition) is 3. The summed E-state index contributed by atoms with van der Waals surface area (Å²) in [6, 6.07) is 13.7. The van der Waals surface area contributed by atoms with Gasteiger partial charge in [0.05, 0.1) is 5.75 Å². The zero-order valence-corrected chi connectivity index (χ0v) is 18.3. The van der Waals surface area contributed by atoms with E-state index in [0.29, 0.717) is 12.3 Å². The molecule has 2 amide bonds. The third-order valence-electron chi connectivity index (χ3n) is 4.44. The smallest absolute Gasteiger partial charge is 0.242 e. The van der Waals surface area contributed by atoms with Crippen molar-refractivity contribution in [2.24, 2.45) is 0 Å². The van der Waals surface area contributed by atoms with E-state index >= 15 is 0 Å². The molecule has 4 nitrogen and oxygen atoms in total. The highest BCUT2D eigenvalue weighted by Gasteiger charge is 2.26. The highest BCUT2D eigenvalue weighted by atomic mass is 32.2. The minimum Gasteiger partial charge on any atom is -0.352 e. The fourth-order valence-electron chi connectivity index (χ4n) is 2.91. The molecule has 0 bridgehead atoms. The summed E-state index contributed by atoms with van der Waals surface area (Å²) in [4.78, 5) is 27.1. The minimum atomic E-state index is -0.572. The molecule has 0 fully saturated rings. The molecular weight excluding hydrogens is 387 g/mol. The van der Waals surface area contributed by atoms with Crippen LogP contribution < -0.4 is 5.32 Å². The fourth-order valence-corrected chi connectivity index (χ4v) is 3.79. The molecule has 0 heterocycles. The normalized spacial score (nSPS) is 11.9. The van der Waals surface area contributed by atoms with Crippen LogP contribution in [0, 0.1) is 12.7 Å². The average Bonchev–Trinajstić information content (AvgIpc) is 2.66. The quantitative estimate of drug-likeness (QED) is 0.663. The molecule has 0 unspecified atom stereocenters. The van der Waals surface area contributed by atoms with Crippen molar-refractivity contribution >= 4 is 23.6 Å². The summed E-state index contributed by atoms with van der Waals surface area (Å²) in [6.07, 6.45) is 0. The number of carbonyl (C=O) groups excluding carboxylic acids is 2. The summed E-state index contributed by atoms with van der Waals surface area (Å²) in [7, 11) is 0. The van der Waals surface area contributed by atoms with Crippen LogP contribution in [0.5, 0.6) is 0 Å². The molecule has 1 N–H and O–H groups in total. The highest BCUT2D eigenvalue weighted by molar-refractivity contribution is 7.99. The number of benzene rings is 2. The van der Waals surface area contributed by atoms with Gasteiger partial charge in [-0.1, -0.05) is 42.0 Å². The topological polar surface area (TPSA) is 49.4 Å². The van der Waals surface area contributed by atoms with Crippen LogP contribution in [0.25, 0.3) is 0 Å². The Morgan fingerprint density at radius 2 is 1.76 bits per heavy atom. The van der Waals surface area contributed by atoms with E-state index in [9.17, 15) is 14.0 Å². The Morgan fingerprint density at radius 3 is 2.38 bits per heavy atom. The van der Waals surface area contributed by atoms with Crippen molar-refractivity contribution in [2.45, 2.75) is 52.1 Å². The van der Waals surface area contributed by atoms with Crippen molar-refractivity contribution < 1.29 is 14.0 Å². The molecule has 0 spiro atoms. The van der Waals surface area contributed by atoms with Crippen LogP contribution in [0.2, 0.25) is 0 Å². The molecule has 0 saturated carbocycles. The molecule has 6 heteroatoms. The fraction of sp³-hybridized carbons (Fsp3) is 0.391. The molecule has 2 aromatic carbocycles. The number of halogens is 1. The molecule has 0 aliphatic rings. The first-order valence-corrected chi connectivity index (χ1v) is 10.9. The zero-order chi connectivity index (χ0) is 21.4. The number of rotatable bonds is 9. The van der Waals surface area contributed by atoms with Crippen LogP contribution in [0.1, 0.15) is 37.5 Å². The summed E-state index contributed by atoms with van der Waals surface area (Å²) >= 11 is 1.46. The van der Waals surface area contributed by atoms with Crippen molar-refractivity contribution in [3.63, 3.8) is 0 Å². The largest absolute Gasteiger partial charge is 0.352 e. The lowest BCUT2D eigenvalue weighted by Crippen LogP contribution is -2.49. The van der Waals surface area contributed by atoms with Gasteiger partial charge in [0.2, 0.25) is 11.8 Å². The van der Waals surface area contributed by atoms with Gasteiger partial charge in [-0.15, -0.1) is 11.8 Å². The predicted molar refractivity (Wildman–Crippen MR) is 117 cm³/mol. The van der Waals surface area contributed by atoms with E-state index in [1.807, 2.05) is 45.0 Å². The second-order valence-corrected chi connectivity index (χ2v) is 8.45. The van der Waals surface area contributed by atoms with E-state index < -0.39 is 6.04 Å². The maximum atomic E-state index is 13.0. The van der Waals surface area contributed by atoms with Crippen LogP contribution in [0.3, 0.4) is 0 Å². The second-order valence-electron chi connectivity index (χ2n) is 7.47. The third kappa shape index (κ3) is 7.54. The molecule has 0 aliphatic heterocycles. The van der Waals surface area contributed by atoms with E-state index in [0.717, 1.165) is 16.7 Å². The molecule has 0 saturated heterocycles. The van der Waals surface area contributed by atoms with E-state index in [4.69, 9.17) is 0 Å². The number of amides is 2. The average molecular weight is 417 g/mol. The Morgan fingerprint density at radius 1 is 1.07 bits per heavy atom. The summed E-state index contributed by atoms with van der Waals surface area (Å²) in [6.45, 7) is 7.94. The Bertz CT molecular complexity index is 824. The standard InChI is InChI=1S/C23H29FN2O2S/c1-16(2)25-23(28)18(4)26(13-20-7-5-6-17(3)12-20)22(27)15-29-14-19-8-10-21(24)11-9-19/h5-12,16,18H,13-15H2,1-4H3,(H,25,28)/t18-/m0/s1.